The summed E-state index contributed by atoms with van der Waals surface area (Å²) in [5, 5.41) is 10.4. The van der Waals surface area contributed by atoms with E-state index in [1.807, 2.05) is 32.2 Å². The van der Waals surface area contributed by atoms with Crippen LogP contribution in [-0.2, 0) is 11.2 Å². The molecule has 2 rings (SSSR count). The average molecular weight is 265 g/mol. The molecule has 0 radical (unpaired) electrons. The zero-order valence-electron chi connectivity index (χ0n) is 11.9. The first-order valence-corrected chi connectivity index (χ1v) is 6.80. The second kappa shape index (κ2) is 6.37. The van der Waals surface area contributed by atoms with E-state index in [4.69, 9.17) is 9.47 Å². The summed E-state index contributed by atoms with van der Waals surface area (Å²) in [5.41, 5.74) is 2.20. The van der Waals surface area contributed by atoms with Gasteiger partial charge in [0.2, 0.25) is 0 Å². The standard InChI is InChI=1S/C15H23NO3/c1-4-19-8-7-16(2)14-9-11-5-6-12(18-3)10-13(11)15(14)17/h5-6,10,14-15,17H,4,7-9H2,1-3H3. The van der Waals surface area contributed by atoms with Crippen LogP contribution in [-0.4, -0.2) is 50.0 Å². The van der Waals surface area contributed by atoms with Gasteiger partial charge < -0.3 is 14.6 Å². The van der Waals surface area contributed by atoms with Crippen LogP contribution < -0.4 is 4.74 Å². The van der Waals surface area contributed by atoms with Crippen molar-refractivity contribution in [1.82, 2.24) is 4.90 Å². The molecule has 0 heterocycles. The molecule has 0 spiro atoms. The first-order chi connectivity index (χ1) is 9.17. The number of methoxy groups -OCH3 is 1. The Bertz CT molecular complexity index is 422. The third-order valence-corrected chi connectivity index (χ3v) is 3.82. The summed E-state index contributed by atoms with van der Waals surface area (Å²) in [6.07, 6.45) is 0.431. The third-order valence-electron chi connectivity index (χ3n) is 3.82. The lowest BCUT2D eigenvalue weighted by atomic mass is 10.1. The Balaban J connectivity index is 2.03. The van der Waals surface area contributed by atoms with Gasteiger partial charge in [0, 0.05) is 19.2 Å². The summed E-state index contributed by atoms with van der Waals surface area (Å²) in [6, 6.07) is 6.07. The molecule has 2 unspecified atom stereocenters. The molecule has 0 aliphatic heterocycles. The zero-order chi connectivity index (χ0) is 13.8. The van der Waals surface area contributed by atoms with Crippen molar-refractivity contribution in [3.63, 3.8) is 0 Å². The molecule has 0 aromatic heterocycles. The van der Waals surface area contributed by atoms with Crippen molar-refractivity contribution in [3.8, 4) is 5.75 Å². The van der Waals surface area contributed by atoms with Crippen molar-refractivity contribution in [1.29, 1.82) is 0 Å². The van der Waals surface area contributed by atoms with E-state index in [-0.39, 0.29) is 6.04 Å². The molecular weight excluding hydrogens is 242 g/mol. The van der Waals surface area contributed by atoms with Crippen LogP contribution in [0.15, 0.2) is 18.2 Å². The molecule has 1 aromatic carbocycles. The number of aliphatic hydroxyl groups is 1. The number of hydrogen-bond donors (Lipinski definition) is 1. The molecule has 106 valence electrons. The molecule has 4 nitrogen and oxygen atoms in total. The topological polar surface area (TPSA) is 41.9 Å². The Morgan fingerprint density at radius 2 is 2.21 bits per heavy atom. The van der Waals surface area contributed by atoms with E-state index in [9.17, 15) is 5.11 Å². The lowest BCUT2D eigenvalue weighted by molar-refractivity contribution is 0.0514. The number of nitrogens with zero attached hydrogens (tertiary/aromatic N) is 1. The third kappa shape index (κ3) is 3.08. The highest BCUT2D eigenvalue weighted by Crippen LogP contribution is 2.36. The highest BCUT2D eigenvalue weighted by Gasteiger charge is 2.33. The van der Waals surface area contributed by atoms with Crippen molar-refractivity contribution in [2.24, 2.45) is 0 Å². The van der Waals surface area contributed by atoms with Gasteiger partial charge >= 0.3 is 0 Å². The Labute approximate surface area is 114 Å². The maximum atomic E-state index is 10.4. The van der Waals surface area contributed by atoms with E-state index in [1.165, 1.54) is 5.56 Å². The molecule has 0 amide bonds. The van der Waals surface area contributed by atoms with E-state index in [2.05, 4.69) is 4.90 Å². The number of likely N-dealkylation sites (N-methyl/N-ethyl adjacent to an activating group) is 1. The Hall–Kier alpha value is -1.10. The quantitative estimate of drug-likeness (QED) is 0.794. The van der Waals surface area contributed by atoms with Gasteiger partial charge in [-0.3, -0.25) is 4.90 Å². The van der Waals surface area contributed by atoms with Gasteiger partial charge in [0.05, 0.1) is 19.8 Å². The molecule has 1 aromatic rings. The summed E-state index contributed by atoms with van der Waals surface area (Å²) in [6.45, 7) is 4.27. The minimum atomic E-state index is -0.447. The van der Waals surface area contributed by atoms with Crippen LogP contribution in [0.25, 0.3) is 0 Å². The molecule has 1 N–H and O–H groups in total. The maximum absolute atomic E-state index is 10.4. The van der Waals surface area contributed by atoms with Crippen LogP contribution in [0.4, 0.5) is 0 Å². The van der Waals surface area contributed by atoms with Gasteiger partial charge in [-0.2, -0.15) is 0 Å². The monoisotopic (exact) mass is 265 g/mol. The first kappa shape index (κ1) is 14.3. The highest BCUT2D eigenvalue weighted by molar-refractivity contribution is 5.41. The van der Waals surface area contributed by atoms with Crippen molar-refractivity contribution < 1.29 is 14.6 Å². The van der Waals surface area contributed by atoms with Gasteiger partial charge in [0.15, 0.2) is 0 Å². The van der Waals surface area contributed by atoms with Gasteiger partial charge in [-0.25, -0.2) is 0 Å². The highest BCUT2D eigenvalue weighted by atomic mass is 16.5. The number of ether oxygens (including phenoxy) is 2. The van der Waals surface area contributed by atoms with E-state index >= 15 is 0 Å². The van der Waals surface area contributed by atoms with Crippen molar-refractivity contribution >= 4 is 0 Å². The minimum absolute atomic E-state index is 0.127. The molecule has 0 bridgehead atoms. The van der Waals surface area contributed by atoms with Crippen molar-refractivity contribution in [2.75, 3.05) is 33.9 Å². The van der Waals surface area contributed by atoms with Crippen molar-refractivity contribution in [2.45, 2.75) is 25.5 Å². The predicted molar refractivity (Wildman–Crippen MR) is 74.6 cm³/mol. The summed E-state index contributed by atoms with van der Waals surface area (Å²) in [4.78, 5) is 2.17. The lowest BCUT2D eigenvalue weighted by Gasteiger charge is -2.27. The van der Waals surface area contributed by atoms with Crippen LogP contribution in [0.5, 0.6) is 5.75 Å². The van der Waals surface area contributed by atoms with E-state index in [1.54, 1.807) is 7.11 Å². The summed E-state index contributed by atoms with van der Waals surface area (Å²) in [7, 11) is 3.69. The number of hydrogen-bond acceptors (Lipinski definition) is 4. The van der Waals surface area contributed by atoms with Crippen LogP contribution in [0.3, 0.4) is 0 Å². The Morgan fingerprint density at radius 1 is 1.42 bits per heavy atom. The van der Waals surface area contributed by atoms with Crippen LogP contribution in [0.1, 0.15) is 24.2 Å². The number of aliphatic hydroxyl groups excluding tert-OH is 1. The van der Waals surface area contributed by atoms with E-state index < -0.39 is 6.10 Å². The van der Waals surface area contributed by atoms with Gasteiger partial charge in [-0.15, -0.1) is 0 Å². The molecule has 1 aliphatic rings. The van der Waals surface area contributed by atoms with E-state index in [0.29, 0.717) is 6.61 Å². The van der Waals surface area contributed by atoms with Crippen LogP contribution in [0, 0.1) is 0 Å². The second-order valence-electron chi connectivity index (χ2n) is 4.96. The van der Waals surface area contributed by atoms with Gasteiger partial charge in [0.25, 0.3) is 0 Å². The normalized spacial score (nSPS) is 21.7. The fraction of sp³-hybridized carbons (Fsp3) is 0.600. The molecule has 1 aliphatic carbocycles. The molecule has 0 fully saturated rings. The van der Waals surface area contributed by atoms with Crippen molar-refractivity contribution in [3.05, 3.63) is 29.3 Å². The first-order valence-electron chi connectivity index (χ1n) is 6.80. The fourth-order valence-electron chi connectivity index (χ4n) is 2.62. The SMILES string of the molecule is CCOCCN(C)C1Cc2ccc(OC)cc2C1O. The summed E-state index contributed by atoms with van der Waals surface area (Å²) < 4.78 is 10.6. The smallest absolute Gasteiger partial charge is 0.119 e. The Morgan fingerprint density at radius 3 is 2.89 bits per heavy atom. The Kier molecular flexibility index (Phi) is 4.80. The van der Waals surface area contributed by atoms with Crippen LogP contribution >= 0.6 is 0 Å². The van der Waals surface area contributed by atoms with Crippen LogP contribution in [0.2, 0.25) is 0 Å². The van der Waals surface area contributed by atoms with Gasteiger partial charge in [0.1, 0.15) is 5.75 Å². The molecule has 19 heavy (non-hydrogen) atoms. The van der Waals surface area contributed by atoms with Gasteiger partial charge in [-0.1, -0.05) is 6.07 Å². The number of rotatable bonds is 6. The zero-order valence-corrected chi connectivity index (χ0v) is 11.9. The number of fused-ring (bicyclic) bond motifs is 1. The van der Waals surface area contributed by atoms with Gasteiger partial charge in [-0.05, 0) is 43.7 Å². The molecule has 4 heteroatoms. The summed E-state index contributed by atoms with van der Waals surface area (Å²) >= 11 is 0. The lowest BCUT2D eigenvalue weighted by Crippen LogP contribution is -2.37. The molecule has 2 atom stereocenters. The molecule has 0 saturated carbocycles. The fourth-order valence-corrected chi connectivity index (χ4v) is 2.62. The maximum Gasteiger partial charge on any atom is 0.119 e. The molecular formula is C15H23NO3. The molecule has 0 saturated heterocycles. The largest absolute Gasteiger partial charge is 0.497 e. The second-order valence-corrected chi connectivity index (χ2v) is 4.96. The minimum Gasteiger partial charge on any atom is -0.497 e. The van der Waals surface area contributed by atoms with E-state index in [0.717, 1.165) is 30.9 Å². The predicted octanol–water partition coefficient (Wildman–Crippen LogP) is 1.62. The summed E-state index contributed by atoms with van der Waals surface area (Å²) in [5.74, 6) is 0.801. The average Bonchev–Trinajstić information content (AvgIpc) is 2.76. The number of benzene rings is 1.